The van der Waals surface area contributed by atoms with Crippen LogP contribution in [0.3, 0.4) is 0 Å². The van der Waals surface area contributed by atoms with Gasteiger partial charge in [0, 0.05) is 70.3 Å². The molecule has 0 atom stereocenters. The number of hydrogen-bond acceptors (Lipinski definition) is 5. The number of carbonyl (C=O) groups is 1. The van der Waals surface area contributed by atoms with Crippen LogP contribution in [0.15, 0.2) is 71.4 Å². The molecule has 1 saturated heterocycles. The zero-order valence-electron chi connectivity index (χ0n) is 19.5. The molecule has 0 aliphatic carbocycles. The second-order valence-electron chi connectivity index (χ2n) is 8.37. The summed E-state index contributed by atoms with van der Waals surface area (Å²) >= 11 is 0. The maximum absolute atomic E-state index is 15.2. The lowest BCUT2D eigenvalue weighted by Gasteiger charge is -2.33. The highest BCUT2D eigenvalue weighted by molar-refractivity contribution is 7.85. The van der Waals surface area contributed by atoms with E-state index in [9.17, 15) is 17.8 Å². The summed E-state index contributed by atoms with van der Waals surface area (Å²) in [6.45, 7) is 0.584. The molecule has 0 bridgehead atoms. The van der Waals surface area contributed by atoms with Crippen LogP contribution in [0.5, 0.6) is 0 Å². The zero-order chi connectivity index (χ0) is 25.9. The highest BCUT2D eigenvalue weighted by Crippen LogP contribution is 2.27. The van der Waals surface area contributed by atoms with Crippen LogP contribution in [0.1, 0.15) is 17.9 Å². The first kappa shape index (κ1) is 24.8. The molecular formula is C25H22F3N5O3S. The number of rotatable bonds is 6. The smallest absolute Gasteiger partial charge is 0.324 e. The Morgan fingerprint density at radius 2 is 1.81 bits per heavy atom. The number of benzene rings is 2. The molecule has 2 aromatic carbocycles. The number of alkyl halides is 2. The van der Waals surface area contributed by atoms with Crippen LogP contribution in [-0.2, 0) is 17.3 Å². The van der Waals surface area contributed by atoms with Crippen molar-refractivity contribution >= 4 is 22.5 Å². The van der Waals surface area contributed by atoms with E-state index in [2.05, 4.69) is 10.2 Å². The first-order chi connectivity index (χ1) is 17.9. The third-order valence-corrected chi connectivity index (χ3v) is 7.25. The van der Waals surface area contributed by atoms with E-state index in [0.29, 0.717) is 30.3 Å². The Kier molecular flexibility index (Phi) is 7.08. The molecule has 3 heterocycles. The van der Waals surface area contributed by atoms with Gasteiger partial charge in [0.15, 0.2) is 0 Å². The molecule has 0 spiro atoms. The van der Waals surface area contributed by atoms with Crippen LogP contribution in [0.4, 0.5) is 23.7 Å². The maximum atomic E-state index is 15.2. The number of urea groups is 1. The van der Waals surface area contributed by atoms with E-state index < -0.39 is 28.9 Å². The summed E-state index contributed by atoms with van der Waals surface area (Å²) < 4.78 is 59.4. The number of amides is 2. The highest BCUT2D eigenvalue weighted by atomic mass is 32.2. The summed E-state index contributed by atoms with van der Waals surface area (Å²) in [5.41, 5.74) is 1.73. The van der Waals surface area contributed by atoms with Crippen LogP contribution in [0, 0.1) is 5.82 Å². The van der Waals surface area contributed by atoms with Crippen molar-refractivity contribution in [3.63, 3.8) is 0 Å². The van der Waals surface area contributed by atoms with E-state index in [-0.39, 0.29) is 29.6 Å². The lowest BCUT2D eigenvalue weighted by atomic mass is 10.1. The van der Waals surface area contributed by atoms with Crippen molar-refractivity contribution in [2.24, 2.45) is 0 Å². The Bertz CT molecular complexity index is 1420. The molecule has 0 unspecified atom stereocenters. The van der Waals surface area contributed by atoms with Crippen molar-refractivity contribution in [1.82, 2.24) is 19.7 Å². The van der Waals surface area contributed by atoms with Crippen LogP contribution in [0.2, 0.25) is 0 Å². The number of aromatic nitrogens is 3. The van der Waals surface area contributed by atoms with E-state index in [1.54, 1.807) is 11.0 Å². The van der Waals surface area contributed by atoms with Gasteiger partial charge in [-0.05, 0) is 42.5 Å². The minimum absolute atomic E-state index is 0.0915. The highest BCUT2D eigenvalue weighted by Gasteiger charge is 2.27. The number of carbonyl (C=O) groups excluding carboxylic acids is 1. The Balaban J connectivity index is 1.46. The average Bonchev–Trinajstić information content (AvgIpc) is 3.61. The second kappa shape index (κ2) is 10.6. The standard InChI is InChI=1S/C25H22F3N5O3S/c26-21-14-17(23-29-30-24(36-23)22(27)28)6-7-18(21)16-33(25(34)32-10-12-37(35)13-11-32)20-5-3-4-19(15-20)31-8-1-2-9-31/h1-9,14-15,22H,10-13,16H2. The fourth-order valence-electron chi connectivity index (χ4n) is 4.02. The normalized spacial score (nSPS) is 14.3. The van der Waals surface area contributed by atoms with Crippen molar-refractivity contribution in [2.45, 2.75) is 13.0 Å². The summed E-state index contributed by atoms with van der Waals surface area (Å²) in [6, 6.07) is 14.8. The van der Waals surface area contributed by atoms with Crippen molar-refractivity contribution < 1.29 is 26.6 Å². The molecule has 37 heavy (non-hydrogen) atoms. The fourth-order valence-corrected chi connectivity index (χ4v) is 5.07. The van der Waals surface area contributed by atoms with Gasteiger partial charge in [-0.25, -0.2) is 9.18 Å². The van der Waals surface area contributed by atoms with Crippen LogP contribution < -0.4 is 4.90 Å². The molecule has 8 nitrogen and oxygen atoms in total. The van der Waals surface area contributed by atoms with Crippen molar-refractivity contribution in [3.05, 3.63) is 84.3 Å². The molecule has 4 aromatic rings. The van der Waals surface area contributed by atoms with E-state index in [1.807, 2.05) is 47.3 Å². The Labute approximate surface area is 212 Å². The minimum Gasteiger partial charge on any atom is -0.415 e. The molecule has 5 rings (SSSR count). The third kappa shape index (κ3) is 5.43. The summed E-state index contributed by atoms with van der Waals surface area (Å²) in [6.07, 6.45) is 0.820. The van der Waals surface area contributed by atoms with Gasteiger partial charge in [-0.2, -0.15) is 8.78 Å². The molecule has 0 saturated carbocycles. The van der Waals surface area contributed by atoms with Gasteiger partial charge in [0.25, 0.3) is 5.89 Å². The summed E-state index contributed by atoms with van der Waals surface area (Å²) in [5, 5.41) is 6.83. The van der Waals surface area contributed by atoms with Gasteiger partial charge in [0.1, 0.15) is 5.82 Å². The number of hydrogen-bond donors (Lipinski definition) is 0. The molecule has 1 fully saturated rings. The monoisotopic (exact) mass is 529 g/mol. The Hall–Kier alpha value is -3.93. The van der Waals surface area contributed by atoms with Crippen LogP contribution >= 0.6 is 0 Å². The number of nitrogens with zero attached hydrogens (tertiary/aromatic N) is 5. The lowest BCUT2D eigenvalue weighted by Crippen LogP contribution is -2.48. The molecule has 0 N–H and O–H groups in total. The second-order valence-corrected chi connectivity index (χ2v) is 10.1. The molecule has 12 heteroatoms. The van der Waals surface area contributed by atoms with E-state index in [4.69, 9.17) is 4.42 Å². The van der Waals surface area contributed by atoms with E-state index in [1.165, 1.54) is 17.0 Å². The first-order valence-electron chi connectivity index (χ1n) is 11.4. The average molecular weight is 530 g/mol. The number of anilines is 1. The van der Waals surface area contributed by atoms with E-state index >= 15 is 4.39 Å². The molecule has 2 amide bonds. The fraction of sp³-hybridized carbons (Fsp3) is 0.240. The predicted octanol–water partition coefficient (Wildman–Crippen LogP) is 4.79. The predicted molar refractivity (Wildman–Crippen MR) is 131 cm³/mol. The molecular weight excluding hydrogens is 507 g/mol. The molecule has 1 aliphatic heterocycles. The third-order valence-electron chi connectivity index (χ3n) is 5.98. The van der Waals surface area contributed by atoms with Gasteiger partial charge in [-0.3, -0.25) is 9.11 Å². The summed E-state index contributed by atoms with van der Waals surface area (Å²) in [5.74, 6) is -0.961. The maximum Gasteiger partial charge on any atom is 0.324 e. The molecule has 2 aromatic heterocycles. The molecule has 192 valence electrons. The minimum atomic E-state index is -2.93. The summed E-state index contributed by atoms with van der Waals surface area (Å²) in [7, 11) is -0.966. The van der Waals surface area contributed by atoms with E-state index in [0.717, 1.165) is 11.8 Å². The van der Waals surface area contributed by atoms with Crippen molar-refractivity contribution in [1.29, 1.82) is 0 Å². The van der Waals surface area contributed by atoms with Crippen LogP contribution in [0.25, 0.3) is 17.1 Å². The topological polar surface area (TPSA) is 84.5 Å². The van der Waals surface area contributed by atoms with Gasteiger partial charge >= 0.3 is 12.5 Å². The Morgan fingerprint density at radius 3 is 2.49 bits per heavy atom. The van der Waals surface area contributed by atoms with Gasteiger partial charge in [0.2, 0.25) is 5.89 Å². The van der Waals surface area contributed by atoms with Gasteiger partial charge in [0.05, 0.1) is 6.54 Å². The Morgan fingerprint density at radius 1 is 1.05 bits per heavy atom. The van der Waals surface area contributed by atoms with Crippen LogP contribution in [-0.4, -0.2) is 54.5 Å². The molecule has 1 aliphatic rings. The van der Waals surface area contributed by atoms with Gasteiger partial charge < -0.3 is 13.9 Å². The quantitative estimate of drug-likeness (QED) is 0.359. The lowest BCUT2D eigenvalue weighted by molar-refractivity contribution is 0.116. The van der Waals surface area contributed by atoms with Gasteiger partial charge in [-0.15, -0.1) is 10.2 Å². The van der Waals surface area contributed by atoms with Crippen molar-refractivity contribution in [3.8, 4) is 17.1 Å². The zero-order valence-corrected chi connectivity index (χ0v) is 20.3. The molecule has 0 radical (unpaired) electrons. The largest absolute Gasteiger partial charge is 0.415 e. The first-order valence-corrected chi connectivity index (χ1v) is 12.9. The SMILES string of the molecule is O=C(N1CCS(=O)CC1)N(Cc1ccc(-c2nnc(C(F)F)o2)cc1F)c1cccc(-n2cccc2)c1. The number of halogens is 3. The van der Waals surface area contributed by atoms with Crippen molar-refractivity contribution in [2.75, 3.05) is 29.5 Å². The van der Waals surface area contributed by atoms with Gasteiger partial charge in [-0.1, -0.05) is 12.1 Å². The summed E-state index contributed by atoms with van der Waals surface area (Å²) in [4.78, 5) is 16.7.